The Hall–Kier alpha value is -2.16. The molecule has 3 aromatic rings. The third-order valence-corrected chi connectivity index (χ3v) is 7.80. The molecule has 0 unspecified atom stereocenters. The van der Waals surface area contributed by atoms with Crippen molar-refractivity contribution in [3.8, 4) is 0 Å². The molecule has 0 spiro atoms. The van der Waals surface area contributed by atoms with Gasteiger partial charge in [-0.05, 0) is 42.6 Å². The fraction of sp³-hybridized carbons (Fsp3) is 0.200. The molecule has 0 aliphatic rings. The van der Waals surface area contributed by atoms with Gasteiger partial charge in [-0.3, -0.25) is 4.79 Å². The summed E-state index contributed by atoms with van der Waals surface area (Å²) in [5, 5.41) is 5.40. The van der Waals surface area contributed by atoms with Gasteiger partial charge in [0.25, 0.3) is 5.91 Å². The molecule has 146 valence electrons. The highest BCUT2D eigenvalue weighted by molar-refractivity contribution is 8.00. The summed E-state index contributed by atoms with van der Waals surface area (Å²) in [7, 11) is -3.36. The van der Waals surface area contributed by atoms with Crippen LogP contribution in [-0.2, 0) is 16.4 Å². The van der Waals surface area contributed by atoms with Gasteiger partial charge in [0.2, 0.25) is 0 Å². The third kappa shape index (κ3) is 5.43. The minimum Gasteiger partial charge on any atom is -0.347 e. The first kappa shape index (κ1) is 20.6. The van der Waals surface area contributed by atoms with E-state index < -0.39 is 9.84 Å². The molecule has 5 nitrogen and oxygen atoms in total. The second kappa shape index (κ2) is 9.36. The van der Waals surface area contributed by atoms with Crippen LogP contribution in [-0.4, -0.2) is 30.8 Å². The van der Waals surface area contributed by atoms with Crippen molar-refractivity contribution in [1.82, 2.24) is 10.3 Å². The van der Waals surface area contributed by atoms with E-state index in [1.165, 1.54) is 11.8 Å². The van der Waals surface area contributed by atoms with Crippen molar-refractivity contribution in [3.05, 3.63) is 76.1 Å². The van der Waals surface area contributed by atoms with Gasteiger partial charge in [0.1, 0.15) is 5.03 Å². The third-order valence-electron chi connectivity index (χ3n) is 3.94. The molecule has 1 aromatic carbocycles. The summed E-state index contributed by atoms with van der Waals surface area (Å²) < 4.78 is 24.9. The van der Waals surface area contributed by atoms with Crippen molar-refractivity contribution >= 4 is 38.8 Å². The maximum absolute atomic E-state index is 12.6. The molecular formula is C20H20N2O3S3. The fourth-order valence-corrected chi connectivity index (χ4v) is 5.87. The van der Waals surface area contributed by atoms with Gasteiger partial charge in [0, 0.05) is 16.3 Å². The van der Waals surface area contributed by atoms with Crippen molar-refractivity contribution in [2.75, 3.05) is 11.5 Å². The fourth-order valence-electron chi connectivity index (χ4n) is 2.49. The van der Waals surface area contributed by atoms with Crippen LogP contribution >= 0.6 is 23.1 Å². The summed E-state index contributed by atoms with van der Waals surface area (Å²) in [4.78, 5) is 18.4. The Morgan fingerprint density at radius 1 is 1.11 bits per heavy atom. The molecule has 8 heteroatoms. The molecule has 3 rings (SSSR count). The Morgan fingerprint density at radius 2 is 1.89 bits per heavy atom. The molecule has 1 amide bonds. The van der Waals surface area contributed by atoms with E-state index in [0.717, 1.165) is 10.6 Å². The van der Waals surface area contributed by atoms with E-state index in [2.05, 4.69) is 10.3 Å². The first-order valence-corrected chi connectivity index (χ1v) is 12.2. The van der Waals surface area contributed by atoms with Crippen molar-refractivity contribution in [3.63, 3.8) is 0 Å². The number of carbonyl (C=O) groups excluding carboxylic acids is 1. The van der Waals surface area contributed by atoms with Crippen molar-refractivity contribution in [2.45, 2.75) is 23.4 Å². The Morgan fingerprint density at radius 3 is 2.61 bits per heavy atom. The second-order valence-electron chi connectivity index (χ2n) is 6.05. The lowest BCUT2D eigenvalue weighted by molar-refractivity contribution is 0.0947. The quantitative estimate of drug-likeness (QED) is 0.546. The predicted octanol–water partition coefficient (Wildman–Crippen LogP) is 3.95. The molecule has 1 N–H and O–H groups in total. The summed E-state index contributed by atoms with van der Waals surface area (Å²) in [5.41, 5.74) is 1.24. The van der Waals surface area contributed by atoms with Gasteiger partial charge in [0.05, 0.1) is 22.8 Å². The number of thiophene rings is 1. The normalized spacial score (nSPS) is 11.3. The van der Waals surface area contributed by atoms with E-state index >= 15 is 0 Å². The van der Waals surface area contributed by atoms with Gasteiger partial charge in [-0.25, -0.2) is 13.4 Å². The molecule has 0 bridgehead atoms. The Kier molecular flexibility index (Phi) is 6.88. The summed E-state index contributed by atoms with van der Waals surface area (Å²) in [6, 6.07) is 15.8. The number of nitrogens with one attached hydrogen (secondary N) is 1. The molecule has 2 aromatic heterocycles. The van der Waals surface area contributed by atoms with E-state index in [0.29, 0.717) is 27.8 Å². The van der Waals surface area contributed by atoms with Gasteiger partial charge < -0.3 is 5.32 Å². The van der Waals surface area contributed by atoms with E-state index in [1.54, 1.807) is 53.8 Å². The van der Waals surface area contributed by atoms with Crippen LogP contribution in [0.25, 0.3) is 0 Å². The number of aromatic nitrogens is 1. The number of hydrogen-bond donors (Lipinski definition) is 1. The smallest absolute Gasteiger partial charge is 0.254 e. The molecule has 0 fully saturated rings. The van der Waals surface area contributed by atoms with Crippen LogP contribution in [0.15, 0.2) is 69.9 Å². The zero-order valence-corrected chi connectivity index (χ0v) is 17.7. The Bertz CT molecular complexity index is 1030. The topological polar surface area (TPSA) is 76.1 Å². The van der Waals surface area contributed by atoms with E-state index in [9.17, 15) is 13.2 Å². The van der Waals surface area contributed by atoms with Crippen LogP contribution in [0, 0.1) is 6.92 Å². The van der Waals surface area contributed by atoms with Crippen LogP contribution in [0.4, 0.5) is 0 Å². The molecule has 0 atom stereocenters. The van der Waals surface area contributed by atoms with Crippen LogP contribution in [0.1, 0.15) is 20.9 Å². The van der Waals surface area contributed by atoms with Gasteiger partial charge >= 0.3 is 0 Å². The maximum Gasteiger partial charge on any atom is 0.254 e. The number of benzene rings is 1. The van der Waals surface area contributed by atoms with Crippen molar-refractivity contribution in [2.24, 2.45) is 0 Å². The first-order valence-electron chi connectivity index (χ1n) is 8.64. The highest BCUT2D eigenvalue weighted by Gasteiger charge is 2.17. The summed E-state index contributed by atoms with van der Waals surface area (Å²) in [6.07, 6.45) is 0. The summed E-state index contributed by atoms with van der Waals surface area (Å²) in [5.74, 6) is 0.0845. The van der Waals surface area contributed by atoms with Crippen LogP contribution in [0.2, 0.25) is 0 Å². The molecule has 28 heavy (non-hydrogen) atoms. The van der Waals surface area contributed by atoms with Crippen LogP contribution < -0.4 is 5.32 Å². The molecule has 0 saturated carbocycles. The summed E-state index contributed by atoms with van der Waals surface area (Å²) >= 11 is 2.86. The van der Waals surface area contributed by atoms with E-state index in [-0.39, 0.29) is 11.7 Å². The number of amides is 1. The van der Waals surface area contributed by atoms with Crippen molar-refractivity contribution < 1.29 is 13.2 Å². The maximum atomic E-state index is 12.6. The zero-order chi connectivity index (χ0) is 20.0. The molecule has 0 aliphatic heterocycles. The predicted molar refractivity (Wildman–Crippen MR) is 114 cm³/mol. The number of nitrogens with zero attached hydrogens (tertiary/aromatic N) is 1. The average molecular weight is 433 g/mol. The number of thioether (sulfide) groups is 1. The zero-order valence-electron chi connectivity index (χ0n) is 15.3. The van der Waals surface area contributed by atoms with Gasteiger partial charge in [-0.1, -0.05) is 24.3 Å². The van der Waals surface area contributed by atoms with E-state index in [4.69, 9.17) is 0 Å². The minimum absolute atomic E-state index is 0.0203. The molecule has 0 saturated heterocycles. The highest BCUT2D eigenvalue weighted by Crippen LogP contribution is 2.23. The number of carbonyl (C=O) groups is 1. The average Bonchev–Trinajstić information content (AvgIpc) is 3.20. The number of pyridine rings is 1. The lowest BCUT2D eigenvalue weighted by Crippen LogP contribution is -2.23. The van der Waals surface area contributed by atoms with Gasteiger partial charge in [-0.15, -0.1) is 23.1 Å². The van der Waals surface area contributed by atoms with Crippen LogP contribution in [0.5, 0.6) is 0 Å². The number of sulfone groups is 1. The number of rotatable bonds is 8. The minimum atomic E-state index is -3.36. The monoisotopic (exact) mass is 432 g/mol. The van der Waals surface area contributed by atoms with Gasteiger partial charge in [-0.2, -0.15) is 0 Å². The van der Waals surface area contributed by atoms with E-state index in [1.807, 2.05) is 24.4 Å². The SMILES string of the molecule is Cc1ccc(C(=O)NCc2cccs2)c(SCCS(=O)(=O)c2ccccc2)n1. The highest BCUT2D eigenvalue weighted by atomic mass is 32.2. The molecule has 0 radical (unpaired) electrons. The summed E-state index contributed by atoms with van der Waals surface area (Å²) in [6.45, 7) is 2.30. The lowest BCUT2D eigenvalue weighted by Gasteiger charge is -2.10. The molecule has 0 aliphatic carbocycles. The van der Waals surface area contributed by atoms with Gasteiger partial charge in [0.15, 0.2) is 9.84 Å². The Balaban J connectivity index is 1.66. The standard InChI is InChI=1S/C20H20N2O3S3/c1-15-9-10-18(19(23)21-14-16-6-5-11-26-16)20(22-15)27-12-13-28(24,25)17-7-3-2-4-8-17/h2-11H,12-14H2,1H3,(H,21,23). The largest absolute Gasteiger partial charge is 0.347 e. The van der Waals surface area contributed by atoms with Crippen LogP contribution in [0.3, 0.4) is 0 Å². The Labute approximate surface area is 173 Å². The molecular weight excluding hydrogens is 412 g/mol. The lowest BCUT2D eigenvalue weighted by atomic mass is 10.2. The first-order chi connectivity index (χ1) is 13.5. The second-order valence-corrected chi connectivity index (χ2v) is 10.3. The van der Waals surface area contributed by atoms with Crippen molar-refractivity contribution in [1.29, 1.82) is 0 Å². The molecule has 2 heterocycles. The number of hydrogen-bond acceptors (Lipinski definition) is 6. The number of aryl methyl sites for hydroxylation is 1.